The van der Waals surface area contributed by atoms with Crippen molar-refractivity contribution in [1.29, 1.82) is 0 Å². The van der Waals surface area contributed by atoms with Crippen LogP contribution in [-0.2, 0) is 16.1 Å². The first kappa shape index (κ1) is 13.2. The molecule has 1 aliphatic rings. The van der Waals surface area contributed by atoms with Crippen LogP contribution in [0.4, 0.5) is 0 Å². The first-order chi connectivity index (χ1) is 5.84. The summed E-state index contributed by atoms with van der Waals surface area (Å²) in [5.74, 6) is 0. The molecular weight excluding hydrogens is 186 g/mol. The van der Waals surface area contributed by atoms with E-state index in [0.29, 0.717) is 6.10 Å². The summed E-state index contributed by atoms with van der Waals surface area (Å²) in [6, 6.07) is 0. The molecule has 0 aromatic heterocycles. The predicted molar refractivity (Wildman–Crippen MR) is 56.7 cm³/mol. The molecule has 0 spiro atoms. The Bertz CT molecular complexity index is 128. The second kappa shape index (κ2) is 5.86. The van der Waals surface area contributed by atoms with Gasteiger partial charge < -0.3 is 9.29 Å². The highest BCUT2D eigenvalue weighted by Crippen LogP contribution is 2.09. The molecule has 1 saturated heterocycles. The maximum atomic E-state index is 10.4. The summed E-state index contributed by atoms with van der Waals surface area (Å²) >= 11 is -1.18. The zero-order valence-electron chi connectivity index (χ0n) is 9.00. The number of rotatable bonds is 0. The van der Waals surface area contributed by atoms with Gasteiger partial charge in [0.2, 0.25) is 0 Å². The van der Waals surface area contributed by atoms with Crippen molar-refractivity contribution >= 4 is 11.4 Å². The Labute approximate surface area is 84.3 Å². The summed E-state index contributed by atoms with van der Waals surface area (Å²) in [7, 11) is 0. The van der Waals surface area contributed by atoms with Gasteiger partial charge in [-0.1, -0.05) is 0 Å². The van der Waals surface area contributed by atoms with Crippen LogP contribution >= 0.6 is 0 Å². The van der Waals surface area contributed by atoms with E-state index in [1.54, 1.807) is 0 Å². The largest absolute Gasteiger partial charge is 0.598 e. The summed E-state index contributed by atoms with van der Waals surface area (Å²) in [5.41, 5.74) is 0. The predicted octanol–water partition coefficient (Wildman–Crippen LogP) is 1.59. The minimum atomic E-state index is -1.18. The molecule has 0 aromatic carbocycles. The van der Waals surface area contributed by atoms with Crippen LogP contribution in [0.1, 0.15) is 40.5 Å². The second-order valence-corrected chi connectivity index (χ2v) is 6.05. The summed E-state index contributed by atoms with van der Waals surface area (Å²) in [6.07, 6.45) is 3.08. The molecule has 4 heteroatoms. The van der Waals surface area contributed by atoms with E-state index in [1.807, 2.05) is 20.8 Å². The van der Waals surface area contributed by atoms with Crippen molar-refractivity contribution in [3.05, 3.63) is 0 Å². The Morgan fingerprint density at radius 3 is 2.00 bits per heavy atom. The molecule has 0 aliphatic carbocycles. The van der Waals surface area contributed by atoms with E-state index in [4.69, 9.17) is 9.88 Å². The first-order valence-electron chi connectivity index (χ1n) is 4.62. The lowest BCUT2D eigenvalue weighted by molar-refractivity contribution is 0.125. The van der Waals surface area contributed by atoms with Crippen molar-refractivity contribution in [2.75, 3.05) is 6.61 Å². The van der Waals surface area contributed by atoms with Gasteiger partial charge in [-0.25, -0.2) is 0 Å². The molecule has 1 unspecified atom stereocenters. The van der Waals surface area contributed by atoms with Crippen molar-refractivity contribution in [2.24, 2.45) is 5.14 Å². The fourth-order valence-corrected chi connectivity index (χ4v) is 0.739. The first-order valence-corrected chi connectivity index (χ1v) is 5.83. The standard InChI is InChI=1S/C5H10O.C4H11NOS/c1-5-3-2-4-6-5;1-4(2,3)7(5)6/h5H,2-4H2,1H3;5H2,1-3H3/t;7-/m.0/s1. The Morgan fingerprint density at radius 2 is 1.92 bits per heavy atom. The van der Waals surface area contributed by atoms with Gasteiger partial charge in [0.1, 0.15) is 4.75 Å². The van der Waals surface area contributed by atoms with Crippen molar-refractivity contribution < 1.29 is 9.29 Å². The molecule has 0 radical (unpaired) electrons. The van der Waals surface area contributed by atoms with Crippen LogP contribution in [0.3, 0.4) is 0 Å². The van der Waals surface area contributed by atoms with Gasteiger partial charge in [-0.2, -0.15) is 5.14 Å². The lowest BCUT2D eigenvalue weighted by Crippen LogP contribution is -2.34. The summed E-state index contributed by atoms with van der Waals surface area (Å²) in [5, 5.41) is 5.04. The highest BCUT2D eigenvalue weighted by atomic mass is 32.2. The van der Waals surface area contributed by atoms with E-state index in [9.17, 15) is 4.55 Å². The van der Waals surface area contributed by atoms with Crippen LogP contribution in [0, 0.1) is 0 Å². The van der Waals surface area contributed by atoms with Crippen LogP contribution in [0.25, 0.3) is 0 Å². The lowest BCUT2D eigenvalue weighted by atomic mass is 10.3. The number of nitrogens with two attached hydrogens (primary N) is 1. The third-order valence-corrected chi connectivity index (χ3v) is 2.97. The molecule has 0 saturated carbocycles. The Balaban J connectivity index is 0.000000223. The third kappa shape index (κ3) is 7.31. The molecule has 1 aliphatic heterocycles. The average Bonchev–Trinajstić information content (AvgIpc) is 2.38. The number of hydrogen-bond acceptors (Lipinski definition) is 3. The van der Waals surface area contributed by atoms with E-state index in [2.05, 4.69) is 6.92 Å². The molecule has 0 aromatic rings. The number of hydrogen-bond donors (Lipinski definition) is 1. The molecule has 1 heterocycles. The average molecular weight is 207 g/mol. The van der Waals surface area contributed by atoms with Gasteiger partial charge in [-0.15, -0.1) is 0 Å². The van der Waals surface area contributed by atoms with Crippen molar-refractivity contribution in [3.8, 4) is 0 Å². The normalized spacial score (nSPS) is 24.9. The summed E-state index contributed by atoms with van der Waals surface area (Å²) < 4.78 is 15.3. The SMILES string of the molecule is CC(C)(C)[S@@+](N)[O-].CC1CCCO1. The van der Waals surface area contributed by atoms with E-state index < -0.39 is 11.4 Å². The fourth-order valence-electron chi connectivity index (χ4n) is 0.739. The van der Waals surface area contributed by atoms with Gasteiger partial charge >= 0.3 is 0 Å². The highest BCUT2D eigenvalue weighted by molar-refractivity contribution is 7.90. The smallest absolute Gasteiger partial charge is 0.136 e. The monoisotopic (exact) mass is 207 g/mol. The van der Waals surface area contributed by atoms with Crippen LogP contribution in [-0.4, -0.2) is 22.0 Å². The Hall–Kier alpha value is 0.230. The van der Waals surface area contributed by atoms with Gasteiger partial charge in [0.25, 0.3) is 0 Å². The topological polar surface area (TPSA) is 58.3 Å². The second-order valence-electron chi connectivity index (χ2n) is 4.23. The molecule has 80 valence electrons. The van der Waals surface area contributed by atoms with Gasteiger partial charge in [0, 0.05) is 18.0 Å². The van der Waals surface area contributed by atoms with Crippen LogP contribution < -0.4 is 5.14 Å². The van der Waals surface area contributed by atoms with Gasteiger partial charge in [-0.05, 0) is 40.5 Å². The third-order valence-electron chi connectivity index (χ3n) is 1.76. The zero-order chi connectivity index (χ0) is 10.5. The van der Waals surface area contributed by atoms with Gasteiger partial charge in [-0.3, -0.25) is 0 Å². The minimum absolute atomic E-state index is 0.250. The molecule has 1 fully saturated rings. The van der Waals surface area contributed by atoms with E-state index >= 15 is 0 Å². The van der Waals surface area contributed by atoms with Crippen molar-refractivity contribution in [1.82, 2.24) is 0 Å². The Kier molecular flexibility index (Phi) is 5.96. The summed E-state index contributed by atoms with van der Waals surface area (Å²) in [4.78, 5) is 0. The Morgan fingerprint density at radius 1 is 1.46 bits per heavy atom. The molecular formula is C9H21NO2S. The lowest BCUT2D eigenvalue weighted by Gasteiger charge is -2.17. The maximum absolute atomic E-state index is 10.4. The molecule has 2 N–H and O–H groups in total. The van der Waals surface area contributed by atoms with E-state index in [0.717, 1.165) is 6.61 Å². The quantitative estimate of drug-likeness (QED) is 0.614. The van der Waals surface area contributed by atoms with Crippen molar-refractivity contribution in [2.45, 2.75) is 51.4 Å². The molecule has 0 bridgehead atoms. The maximum Gasteiger partial charge on any atom is 0.136 e. The molecule has 3 nitrogen and oxygen atoms in total. The molecule has 2 atom stereocenters. The van der Waals surface area contributed by atoms with Crippen molar-refractivity contribution in [3.63, 3.8) is 0 Å². The van der Waals surface area contributed by atoms with Gasteiger partial charge in [0.15, 0.2) is 0 Å². The van der Waals surface area contributed by atoms with Gasteiger partial charge in [0.05, 0.1) is 6.10 Å². The molecule has 1 rings (SSSR count). The summed E-state index contributed by atoms with van der Waals surface area (Å²) in [6.45, 7) is 8.61. The van der Waals surface area contributed by atoms with E-state index in [1.165, 1.54) is 12.8 Å². The molecule has 13 heavy (non-hydrogen) atoms. The van der Waals surface area contributed by atoms with Crippen LogP contribution in [0.15, 0.2) is 0 Å². The van der Waals surface area contributed by atoms with Crippen LogP contribution in [0.2, 0.25) is 0 Å². The van der Waals surface area contributed by atoms with Crippen LogP contribution in [0.5, 0.6) is 0 Å². The minimum Gasteiger partial charge on any atom is -0.598 e. The highest BCUT2D eigenvalue weighted by Gasteiger charge is 2.21. The fraction of sp³-hybridized carbons (Fsp3) is 1.00. The van der Waals surface area contributed by atoms with E-state index in [-0.39, 0.29) is 4.75 Å². The number of ether oxygens (including phenoxy) is 1. The zero-order valence-corrected chi connectivity index (χ0v) is 9.82. The molecule has 0 amide bonds.